The van der Waals surface area contributed by atoms with Crippen LogP contribution in [0.2, 0.25) is 0 Å². The number of nitriles is 1. The highest BCUT2D eigenvalue weighted by Crippen LogP contribution is 2.23. The number of rotatable bonds is 5. The van der Waals surface area contributed by atoms with Gasteiger partial charge in [0.25, 0.3) is 0 Å². The molecule has 0 unspecified atom stereocenters. The maximum absolute atomic E-state index is 11.1. The molecule has 0 spiro atoms. The van der Waals surface area contributed by atoms with Crippen LogP contribution in [0, 0.1) is 11.3 Å². The molecule has 0 aliphatic rings. The second kappa shape index (κ2) is 7.95. The fourth-order valence-corrected chi connectivity index (χ4v) is 2.03. The summed E-state index contributed by atoms with van der Waals surface area (Å²) in [4.78, 5) is 11.1. The van der Waals surface area contributed by atoms with E-state index in [9.17, 15) is 10.0 Å². The van der Waals surface area contributed by atoms with Gasteiger partial charge in [-0.1, -0.05) is 24.3 Å². The van der Waals surface area contributed by atoms with Crippen molar-refractivity contribution in [1.29, 1.82) is 5.26 Å². The number of benzene rings is 2. The molecule has 0 radical (unpaired) electrons. The summed E-state index contributed by atoms with van der Waals surface area (Å²) >= 11 is 0. The van der Waals surface area contributed by atoms with E-state index in [1.165, 1.54) is 6.92 Å². The van der Waals surface area contributed by atoms with Gasteiger partial charge in [-0.2, -0.15) is 5.26 Å². The van der Waals surface area contributed by atoms with Crippen LogP contribution in [-0.4, -0.2) is 22.2 Å². The molecule has 0 saturated carbocycles. The first-order chi connectivity index (χ1) is 11.5. The Bertz CT molecular complexity index is 776. The van der Waals surface area contributed by atoms with Gasteiger partial charge in [0.2, 0.25) is 5.91 Å². The molecule has 1 amide bonds. The fraction of sp³-hybridized carbons (Fsp3) is 0.158. The highest BCUT2D eigenvalue weighted by molar-refractivity contribution is 5.72. The van der Waals surface area contributed by atoms with E-state index in [-0.39, 0.29) is 0 Å². The maximum atomic E-state index is 11.1. The molecule has 24 heavy (non-hydrogen) atoms. The van der Waals surface area contributed by atoms with Crippen LogP contribution in [0.5, 0.6) is 11.5 Å². The van der Waals surface area contributed by atoms with E-state index in [1.807, 2.05) is 30.3 Å². The molecule has 0 bridgehead atoms. The lowest BCUT2D eigenvalue weighted by Gasteiger charge is -2.17. The second-order valence-corrected chi connectivity index (χ2v) is 5.27. The molecule has 2 rings (SSSR count). The number of nitrogens with zero attached hydrogens (tertiary/aromatic N) is 2. The van der Waals surface area contributed by atoms with Gasteiger partial charge in [-0.25, -0.2) is 5.06 Å². The quantitative estimate of drug-likeness (QED) is 0.667. The van der Waals surface area contributed by atoms with Gasteiger partial charge >= 0.3 is 0 Å². The Morgan fingerprint density at radius 1 is 1.25 bits per heavy atom. The van der Waals surface area contributed by atoms with Crippen LogP contribution >= 0.6 is 0 Å². The molecule has 5 heteroatoms. The number of carbonyl (C=O) groups is 1. The minimum Gasteiger partial charge on any atom is -0.457 e. The van der Waals surface area contributed by atoms with Crippen molar-refractivity contribution in [3.8, 4) is 17.6 Å². The van der Waals surface area contributed by atoms with E-state index >= 15 is 0 Å². The summed E-state index contributed by atoms with van der Waals surface area (Å²) in [6, 6.07) is 15.9. The standard InChI is InChI=1S/C19H18N2O3/c1-14(21(23)15(2)22)6-7-16-4-3-5-19(12-16)24-18-10-8-17(13-20)9-11-18/h3-12,14,23H,1-2H3/b7-6+/t14-/m1/s1. The van der Waals surface area contributed by atoms with Crippen molar-refractivity contribution >= 4 is 12.0 Å². The maximum Gasteiger partial charge on any atom is 0.243 e. The van der Waals surface area contributed by atoms with Crippen LogP contribution in [0.1, 0.15) is 25.0 Å². The lowest BCUT2D eigenvalue weighted by molar-refractivity contribution is -0.167. The largest absolute Gasteiger partial charge is 0.457 e. The predicted octanol–water partition coefficient (Wildman–Crippen LogP) is 3.99. The van der Waals surface area contributed by atoms with Crippen LogP contribution in [0.3, 0.4) is 0 Å². The minimum atomic E-state index is -0.425. The molecule has 1 N–H and O–H groups in total. The van der Waals surface area contributed by atoms with Gasteiger partial charge in [-0.05, 0) is 48.9 Å². The zero-order valence-corrected chi connectivity index (χ0v) is 13.5. The third-order valence-electron chi connectivity index (χ3n) is 3.35. The van der Waals surface area contributed by atoms with Crippen LogP contribution in [0.4, 0.5) is 0 Å². The van der Waals surface area contributed by atoms with Gasteiger partial charge in [0, 0.05) is 6.92 Å². The Balaban J connectivity index is 2.08. The zero-order valence-electron chi connectivity index (χ0n) is 13.5. The van der Waals surface area contributed by atoms with Gasteiger partial charge in [-0.15, -0.1) is 0 Å². The Hall–Kier alpha value is -3.10. The van der Waals surface area contributed by atoms with E-state index in [4.69, 9.17) is 10.00 Å². The number of hydrogen-bond donors (Lipinski definition) is 1. The molecule has 2 aromatic rings. The topological polar surface area (TPSA) is 73.6 Å². The molecule has 0 aliphatic carbocycles. The highest BCUT2D eigenvalue weighted by atomic mass is 16.5. The molecule has 122 valence electrons. The highest BCUT2D eigenvalue weighted by Gasteiger charge is 2.10. The minimum absolute atomic E-state index is 0.412. The summed E-state index contributed by atoms with van der Waals surface area (Å²) in [6.07, 6.45) is 3.53. The van der Waals surface area contributed by atoms with E-state index in [0.717, 1.165) is 5.56 Å². The summed E-state index contributed by atoms with van der Waals surface area (Å²) in [7, 11) is 0. The number of hydroxylamine groups is 2. The molecule has 0 saturated heterocycles. The molecular formula is C19H18N2O3. The average Bonchev–Trinajstić information content (AvgIpc) is 2.60. The zero-order chi connectivity index (χ0) is 17.5. The van der Waals surface area contributed by atoms with Crippen LogP contribution in [0.15, 0.2) is 54.6 Å². The van der Waals surface area contributed by atoms with Crippen molar-refractivity contribution in [3.63, 3.8) is 0 Å². The average molecular weight is 322 g/mol. The van der Waals surface area contributed by atoms with Gasteiger partial charge < -0.3 is 4.74 Å². The molecular weight excluding hydrogens is 304 g/mol. The predicted molar refractivity (Wildman–Crippen MR) is 90.5 cm³/mol. The summed E-state index contributed by atoms with van der Waals surface area (Å²) in [5.41, 5.74) is 1.46. The van der Waals surface area contributed by atoms with Crippen molar-refractivity contribution in [1.82, 2.24) is 5.06 Å². The monoisotopic (exact) mass is 322 g/mol. The molecule has 2 aromatic carbocycles. The second-order valence-electron chi connectivity index (χ2n) is 5.27. The first-order valence-corrected chi connectivity index (χ1v) is 7.44. The number of amides is 1. The van der Waals surface area contributed by atoms with E-state index in [1.54, 1.807) is 37.3 Å². The van der Waals surface area contributed by atoms with Crippen molar-refractivity contribution in [3.05, 3.63) is 65.7 Å². The molecule has 1 atom stereocenters. The molecule has 0 aromatic heterocycles. The van der Waals surface area contributed by atoms with Crippen LogP contribution < -0.4 is 4.74 Å². The van der Waals surface area contributed by atoms with E-state index in [0.29, 0.717) is 22.1 Å². The summed E-state index contributed by atoms with van der Waals surface area (Å²) < 4.78 is 5.75. The summed E-state index contributed by atoms with van der Waals surface area (Å²) in [5, 5.41) is 19.0. The van der Waals surface area contributed by atoms with Crippen molar-refractivity contribution in [2.75, 3.05) is 0 Å². The van der Waals surface area contributed by atoms with Crippen molar-refractivity contribution in [2.24, 2.45) is 0 Å². The Morgan fingerprint density at radius 2 is 1.96 bits per heavy atom. The van der Waals surface area contributed by atoms with E-state index in [2.05, 4.69) is 6.07 Å². The SMILES string of the molecule is CC(=O)N(O)[C@H](C)/C=C/c1cccc(Oc2ccc(C#N)cc2)c1. The number of carbonyl (C=O) groups excluding carboxylic acids is 1. The fourth-order valence-electron chi connectivity index (χ4n) is 2.03. The summed E-state index contributed by atoms with van der Waals surface area (Å²) in [5.74, 6) is 0.883. The number of hydrogen-bond acceptors (Lipinski definition) is 4. The molecule has 5 nitrogen and oxygen atoms in total. The van der Waals surface area contributed by atoms with Crippen molar-refractivity contribution in [2.45, 2.75) is 19.9 Å². The molecule has 0 aliphatic heterocycles. The first kappa shape index (κ1) is 17.3. The summed E-state index contributed by atoms with van der Waals surface area (Å²) in [6.45, 7) is 3.02. The lowest BCUT2D eigenvalue weighted by Crippen LogP contribution is -2.32. The van der Waals surface area contributed by atoms with Gasteiger partial charge in [0.1, 0.15) is 11.5 Å². The lowest BCUT2D eigenvalue weighted by atomic mass is 10.1. The van der Waals surface area contributed by atoms with E-state index < -0.39 is 11.9 Å². The third kappa shape index (κ3) is 4.70. The Kier molecular flexibility index (Phi) is 5.72. The first-order valence-electron chi connectivity index (χ1n) is 7.44. The van der Waals surface area contributed by atoms with Gasteiger partial charge in [0.15, 0.2) is 0 Å². The van der Waals surface area contributed by atoms with Crippen molar-refractivity contribution < 1.29 is 14.7 Å². The van der Waals surface area contributed by atoms with Crippen LogP contribution in [-0.2, 0) is 4.79 Å². The normalized spacial score (nSPS) is 11.8. The van der Waals surface area contributed by atoms with Crippen LogP contribution in [0.25, 0.3) is 6.08 Å². The Labute approximate surface area is 141 Å². The molecule has 0 heterocycles. The Morgan fingerprint density at radius 3 is 2.58 bits per heavy atom. The molecule has 0 fully saturated rings. The number of ether oxygens (including phenoxy) is 1. The van der Waals surface area contributed by atoms with Gasteiger partial charge in [0.05, 0.1) is 17.7 Å². The third-order valence-corrected chi connectivity index (χ3v) is 3.35. The smallest absolute Gasteiger partial charge is 0.243 e. The van der Waals surface area contributed by atoms with Gasteiger partial charge in [-0.3, -0.25) is 10.0 Å².